The Morgan fingerprint density at radius 2 is 2.03 bits per heavy atom. The molecule has 7 nitrogen and oxygen atoms in total. The summed E-state index contributed by atoms with van der Waals surface area (Å²) in [5, 5.41) is 6.81. The van der Waals surface area contributed by atoms with Crippen molar-refractivity contribution in [2.75, 3.05) is 39.3 Å². The number of rotatable bonds is 11. The van der Waals surface area contributed by atoms with Gasteiger partial charge in [0.15, 0.2) is 5.96 Å². The molecular formula is C24H41N5O2. The Labute approximate surface area is 187 Å². The molecule has 1 aliphatic heterocycles. The molecule has 0 spiro atoms. The van der Waals surface area contributed by atoms with Gasteiger partial charge in [-0.05, 0) is 69.8 Å². The van der Waals surface area contributed by atoms with Crippen molar-refractivity contribution in [3.63, 3.8) is 0 Å². The lowest BCUT2D eigenvalue weighted by atomic mass is 9.97. The number of primary amides is 1. The molecule has 2 unspecified atom stereocenters. The van der Waals surface area contributed by atoms with Crippen LogP contribution < -0.4 is 21.1 Å². The van der Waals surface area contributed by atoms with Gasteiger partial charge in [-0.15, -0.1) is 0 Å². The Morgan fingerprint density at radius 3 is 2.68 bits per heavy atom. The highest BCUT2D eigenvalue weighted by Gasteiger charge is 2.23. The van der Waals surface area contributed by atoms with Crippen molar-refractivity contribution in [3.8, 4) is 5.75 Å². The zero-order chi connectivity index (χ0) is 22.6. The molecule has 1 amide bonds. The number of nitrogens with zero attached hydrogens (tertiary/aromatic N) is 2. The second-order valence-corrected chi connectivity index (χ2v) is 8.80. The maximum Gasteiger partial charge on any atom is 0.221 e. The summed E-state index contributed by atoms with van der Waals surface area (Å²) in [6.45, 7) is 13.5. The molecule has 1 aromatic rings. The fourth-order valence-electron chi connectivity index (χ4n) is 3.70. The predicted octanol–water partition coefficient (Wildman–Crippen LogP) is 2.92. The number of carbonyl (C=O) groups excluding carboxylic acids is 1. The summed E-state index contributed by atoms with van der Waals surface area (Å²) < 4.78 is 5.77. The molecule has 0 aromatic heterocycles. The van der Waals surface area contributed by atoms with Crippen LogP contribution in [-0.4, -0.2) is 56.1 Å². The number of nitrogens with one attached hydrogen (secondary N) is 2. The molecule has 2 atom stereocenters. The lowest BCUT2D eigenvalue weighted by Gasteiger charge is -2.30. The van der Waals surface area contributed by atoms with E-state index in [1.54, 1.807) is 0 Å². The zero-order valence-electron chi connectivity index (χ0n) is 19.7. The number of guanidine groups is 1. The highest BCUT2D eigenvalue weighted by atomic mass is 16.5. The highest BCUT2D eigenvalue weighted by Crippen LogP contribution is 2.18. The van der Waals surface area contributed by atoms with Crippen molar-refractivity contribution in [2.45, 2.75) is 53.0 Å². The first kappa shape index (κ1) is 25.0. The highest BCUT2D eigenvalue weighted by molar-refractivity contribution is 5.80. The summed E-state index contributed by atoms with van der Waals surface area (Å²) in [4.78, 5) is 18.5. The fraction of sp³-hybridized carbons (Fsp3) is 0.667. The average molecular weight is 432 g/mol. The van der Waals surface area contributed by atoms with E-state index in [4.69, 9.17) is 15.5 Å². The van der Waals surface area contributed by atoms with Gasteiger partial charge in [0.25, 0.3) is 0 Å². The van der Waals surface area contributed by atoms with Crippen LogP contribution in [0, 0.1) is 11.8 Å². The van der Waals surface area contributed by atoms with E-state index in [1.807, 2.05) is 12.1 Å². The van der Waals surface area contributed by atoms with Gasteiger partial charge in [0.1, 0.15) is 5.75 Å². The van der Waals surface area contributed by atoms with E-state index >= 15 is 0 Å². The number of piperidine rings is 1. The van der Waals surface area contributed by atoms with Crippen LogP contribution in [0.2, 0.25) is 0 Å². The van der Waals surface area contributed by atoms with Crippen molar-refractivity contribution in [3.05, 3.63) is 29.8 Å². The Hall–Kier alpha value is -2.28. The molecule has 0 radical (unpaired) electrons. The molecule has 31 heavy (non-hydrogen) atoms. The summed E-state index contributed by atoms with van der Waals surface area (Å²) in [7, 11) is 0. The van der Waals surface area contributed by atoms with Crippen LogP contribution in [0.4, 0.5) is 0 Å². The minimum absolute atomic E-state index is 0.000696. The topological polar surface area (TPSA) is 92.0 Å². The first-order valence-electron chi connectivity index (χ1n) is 11.7. The third-order valence-corrected chi connectivity index (χ3v) is 5.47. The summed E-state index contributed by atoms with van der Waals surface area (Å²) in [6, 6.07) is 8.39. The Kier molecular flexibility index (Phi) is 10.6. The van der Waals surface area contributed by atoms with Crippen molar-refractivity contribution in [1.82, 2.24) is 15.5 Å². The van der Waals surface area contributed by atoms with Gasteiger partial charge in [-0.3, -0.25) is 9.79 Å². The Balaban J connectivity index is 1.81. The van der Waals surface area contributed by atoms with Gasteiger partial charge < -0.3 is 26.0 Å². The van der Waals surface area contributed by atoms with Crippen molar-refractivity contribution < 1.29 is 9.53 Å². The number of amides is 1. The van der Waals surface area contributed by atoms with Gasteiger partial charge in [-0.1, -0.05) is 26.0 Å². The molecular weight excluding hydrogens is 390 g/mol. The molecule has 0 bridgehead atoms. The lowest BCUT2D eigenvalue weighted by molar-refractivity contribution is -0.123. The van der Waals surface area contributed by atoms with Gasteiger partial charge in [0, 0.05) is 19.6 Å². The molecule has 4 N–H and O–H groups in total. The van der Waals surface area contributed by atoms with Crippen LogP contribution in [0.15, 0.2) is 29.3 Å². The summed E-state index contributed by atoms with van der Waals surface area (Å²) >= 11 is 0. The van der Waals surface area contributed by atoms with E-state index < -0.39 is 0 Å². The van der Waals surface area contributed by atoms with E-state index in [0.717, 1.165) is 70.3 Å². The smallest absolute Gasteiger partial charge is 0.221 e. The number of benzene rings is 1. The van der Waals surface area contributed by atoms with Crippen LogP contribution in [-0.2, 0) is 4.79 Å². The maximum absolute atomic E-state index is 11.4. The van der Waals surface area contributed by atoms with Crippen LogP contribution >= 0.6 is 0 Å². The quantitative estimate of drug-likeness (QED) is 0.285. The van der Waals surface area contributed by atoms with Crippen LogP contribution in [0.1, 0.15) is 58.6 Å². The average Bonchev–Trinajstić information content (AvgIpc) is 2.75. The molecule has 0 aliphatic carbocycles. The summed E-state index contributed by atoms with van der Waals surface area (Å²) in [5.41, 5.74) is 6.66. The molecule has 1 aliphatic rings. The number of hydrogen-bond acceptors (Lipinski definition) is 4. The molecule has 2 rings (SSSR count). The Bertz CT molecular complexity index is 690. The fourth-order valence-corrected chi connectivity index (χ4v) is 3.70. The number of likely N-dealkylation sites (tertiary alicyclic amines) is 1. The van der Waals surface area contributed by atoms with E-state index in [0.29, 0.717) is 5.92 Å². The van der Waals surface area contributed by atoms with Gasteiger partial charge in [0.05, 0.1) is 18.6 Å². The SMILES string of the molecule is CCNC(=NCCCN1CCCC(C(N)=O)C1)NC(C)c1ccc(OCC(C)C)cc1. The second-order valence-electron chi connectivity index (χ2n) is 8.80. The van der Waals surface area contributed by atoms with Crippen molar-refractivity contribution in [1.29, 1.82) is 0 Å². The van der Waals surface area contributed by atoms with Crippen molar-refractivity contribution in [2.24, 2.45) is 22.6 Å². The Morgan fingerprint density at radius 1 is 1.29 bits per heavy atom. The first-order valence-corrected chi connectivity index (χ1v) is 11.7. The number of nitrogens with two attached hydrogens (primary N) is 1. The largest absolute Gasteiger partial charge is 0.493 e. The molecule has 7 heteroatoms. The number of aliphatic imine (C=N–C) groups is 1. The monoisotopic (exact) mass is 431 g/mol. The second kappa shape index (κ2) is 13.2. The number of ether oxygens (including phenoxy) is 1. The summed E-state index contributed by atoms with van der Waals surface area (Å²) in [5.74, 6) is 2.07. The first-order chi connectivity index (χ1) is 14.9. The van der Waals surface area contributed by atoms with Gasteiger partial charge >= 0.3 is 0 Å². The van der Waals surface area contributed by atoms with E-state index in [2.05, 4.69) is 55.4 Å². The molecule has 174 valence electrons. The molecule has 1 heterocycles. The van der Waals surface area contributed by atoms with Crippen LogP contribution in [0.25, 0.3) is 0 Å². The minimum Gasteiger partial charge on any atom is -0.493 e. The van der Waals surface area contributed by atoms with Crippen molar-refractivity contribution >= 4 is 11.9 Å². The van der Waals surface area contributed by atoms with Crippen LogP contribution in [0.5, 0.6) is 5.75 Å². The van der Waals surface area contributed by atoms with Crippen LogP contribution in [0.3, 0.4) is 0 Å². The lowest BCUT2D eigenvalue weighted by Crippen LogP contribution is -2.41. The zero-order valence-corrected chi connectivity index (χ0v) is 19.7. The number of hydrogen-bond donors (Lipinski definition) is 3. The van der Waals surface area contributed by atoms with Gasteiger partial charge in [-0.25, -0.2) is 0 Å². The van der Waals surface area contributed by atoms with E-state index in [9.17, 15) is 4.79 Å². The number of carbonyl (C=O) groups is 1. The maximum atomic E-state index is 11.4. The summed E-state index contributed by atoms with van der Waals surface area (Å²) in [6.07, 6.45) is 2.92. The van der Waals surface area contributed by atoms with Gasteiger partial charge in [-0.2, -0.15) is 0 Å². The normalized spacial score (nSPS) is 18.6. The van der Waals surface area contributed by atoms with E-state index in [-0.39, 0.29) is 17.9 Å². The third kappa shape index (κ3) is 9.17. The van der Waals surface area contributed by atoms with E-state index in [1.165, 1.54) is 5.56 Å². The van der Waals surface area contributed by atoms with Gasteiger partial charge in [0.2, 0.25) is 5.91 Å². The standard InChI is InChI=1S/C24H41N5O2/c1-5-26-24(27-13-7-15-29-14-6-8-21(16-29)23(25)30)28-19(4)20-9-11-22(12-10-20)31-17-18(2)3/h9-12,18-19,21H,5-8,13-17H2,1-4H3,(H2,25,30)(H2,26,27,28). The molecule has 1 fully saturated rings. The third-order valence-electron chi connectivity index (χ3n) is 5.47. The predicted molar refractivity (Wildman–Crippen MR) is 127 cm³/mol. The molecule has 0 saturated carbocycles. The minimum atomic E-state index is -0.171. The molecule has 1 saturated heterocycles. The molecule has 1 aromatic carbocycles.